The Bertz CT molecular complexity index is 724. The number of fused-ring (bicyclic) bond motifs is 1. The van der Waals surface area contributed by atoms with Gasteiger partial charge in [0.1, 0.15) is 0 Å². The van der Waals surface area contributed by atoms with Crippen molar-refractivity contribution in [2.75, 3.05) is 11.4 Å². The van der Waals surface area contributed by atoms with E-state index in [0.717, 1.165) is 46.6 Å². The molecule has 0 saturated carbocycles. The van der Waals surface area contributed by atoms with Crippen LogP contribution in [0.15, 0.2) is 22.7 Å². The van der Waals surface area contributed by atoms with Crippen LogP contribution in [0.1, 0.15) is 27.3 Å². The average Bonchev–Trinajstić information content (AvgIpc) is 2.95. The fourth-order valence-corrected chi connectivity index (χ4v) is 3.26. The largest absolute Gasteiger partial charge is 0.478 e. The van der Waals surface area contributed by atoms with Crippen LogP contribution in [0.25, 0.3) is 0 Å². The minimum atomic E-state index is -0.874. The smallest absolute Gasteiger partial charge is 0.335 e. The SMILES string of the molecule is Cc1nn(C)c(CN2CCc3cc(C(=O)O)ccc32)c1Br. The predicted octanol–water partition coefficient (Wildman–Crippen LogP) is 2.75. The third-order valence-electron chi connectivity index (χ3n) is 3.92. The third kappa shape index (κ3) is 2.44. The molecule has 1 N–H and O–H groups in total. The molecule has 0 spiro atoms. The van der Waals surface area contributed by atoms with Crippen LogP contribution in [0, 0.1) is 6.92 Å². The molecule has 3 rings (SSSR count). The lowest BCUT2D eigenvalue weighted by molar-refractivity contribution is 0.0697. The fourth-order valence-electron chi connectivity index (χ4n) is 2.80. The molecule has 0 bridgehead atoms. The maximum atomic E-state index is 11.0. The van der Waals surface area contributed by atoms with Gasteiger partial charge in [0.15, 0.2) is 0 Å². The van der Waals surface area contributed by atoms with Crippen LogP contribution in [0.4, 0.5) is 5.69 Å². The topological polar surface area (TPSA) is 58.4 Å². The number of nitrogens with zero attached hydrogens (tertiary/aromatic N) is 3. The highest BCUT2D eigenvalue weighted by molar-refractivity contribution is 9.10. The Morgan fingerprint density at radius 2 is 2.24 bits per heavy atom. The number of aromatic nitrogens is 2. The van der Waals surface area contributed by atoms with E-state index in [-0.39, 0.29) is 0 Å². The average molecular weight is 350 g/mol. The van der Waals surface area contributed by atoms with Gasteiger partial charge >= 0.3 is 5.97 Å². The lowest BCUT2D eigenvalue weighted by Gasteiger charge is -2.19. The van der Waals surface area contributed by atoms with Gasteiger partial charge in [-0.25, -0.2) is 4.79 Å². The number of anilines is 1. The Balaban J connectivity index is 1.89. The molecule has 0 fully saturated rings. The van der Waals surface area contributed by atoms with E-state index < -0.39 is 5.97 Å². The third-order valence-corrected chi connectivity index (χ3v) is 4.95. The number of benzene rings is 1. The van der Waals surface area contributed by atoms with Gasteiger partial charge < -0.3 is 10.0 Å². The first kappa shape index (κ1) is 14.1. The molecule has 0 unspecified atom stereocenters. The van der Waals surface area contributed by atoms with Crippen molar-refractivity contribution in [1.29, 1.82) is 0 Å². The Kier molecular flexibility index (Phi) is 3.49. The molecule has 21 heavy (non-hydrogen) atoms. The minimum absolute atomic E-state index is 0.355. The number of hydrogen-bond acceptors (Lipinski definition) is 3. The van der Waals surface area contributed by atoms with Crippen molar-refractivity contribution in [3.8, 4) is 0 Å². The molecular formula is C15H16BrN3O2. The Morgan fingerprint density at radius 1 is 1.48 bits per heavy atom. The summed E-state index contributed by atoms with van der Waals surface area (Å²) in [5.74, 6) is -0.874. The van der Waals surface area contributed by atoms with Gasteiger partial charge in [-0.05, 0) is 53.0 Å². The number of carbonyl (C=O) groups is 1. The minimum Gasteiger partial charge on any atom is -0.478 e. The van der Waals surface area contributed by atoms with E-state index in [1.807, 2.05) is 24.7 Å². The van der Waals surface area contributed by atoms with Crippen molar-refractivity contribution in [3.63, 3.8) is 0 Å². The summed E-state index contributed by atoms with van der Waals surface area (Å²) < 4.78 is 2.93. The summed E-state index contributed by atoms with van der Waals surface area (Å²) in [4.78, 5) is 13.3. The fraction of sp³-hybridized carbons (Fsp3) is 0.333. The van der Waals surface area contributed by atoms with E-state index in [4.69, 9.17) is 5.11 Å². The van der Waals surface area contributed by atoms with Crippen molar-refractivity contribution in [1.82, 2.24) is 9.78 Å². The molecule has 0 atom stereocenters. The van der Waals surface area contributed by atoms with E-state index in [9.17, 15) is 4.79 Å². The van der Waals surface area contributed by atoms with Gasteiger partial charge in [0.25, 0.3) is 0 Å². The molecule has 1 aromatic heterocycles. The summed E-state index contributed by atoms with van der Waals surface area (Å²) in [6.07, 6.45) is 0.880. The first-order valence-electron chi connectivity index (χ1n) is 6.76. The number of aromatic carboxylic acids is 1. The lowest BCUT2D eigenvalue weighted by atomic mass is 10.1. The second kappa shape index (κ2) is 5.18. The highest BCUT2D eigenvalue weighted by Crippen LogP contribution is 2.32. The van der Waals surface area contributed by atoms with Crippen LogP contribution in [-0.2, 0) is 20.0 Å². The summed E-state index contributed by atoms with van der Waals surface area (Å²) in [7, 11) is 1.94. The number of rotatable bonds is 3. The van der Waals surface area contributed by atoms with Gasteiger partial charge in [0.2, 0.25) is 0 Å². The maximum Gasteiger partial charge on any atom is 0.335 e. The summed E-state index contributed by atoms with van der Waals surface area (Å²) in [6, 6.07) is 5.35. The van der Waals surface area contributed by atoms with Crippen molar-refractivity contribution in [2.45, 2.75) is 19.9 Å². The number of carboxylic acids is 1. The molecule has 0 amide bonds. The molecule has 1 aliphatic rings. The van der Waals surface area contributed by atoms with Crippen molar-refractivity contribution < 1.29 is 9.90 Å². The maximum absolute atomic E-state index is 11.0. The van der Waals surface area contributed by atoms with Gasteiger partial charge in [-0.2, -0.15) is 5.10 Å². The van der Waals surface area contributed by atoms with Crippen LogP contribution in [0.2, 0.25) is 0 Å². The summed E-state index contributed by atoms with van der Waals surface area (Å²) in [5, 5.41) is 13.5. The first-order valence-corrected chi connectivity index (χ1v) is 7.56. The normalized spacial score (nSPS) is 13.6. The van der Waals surface area contributed by atoms with E-state index in [2.05, 4.69) is 25.9 Å². The molecule has 0 radical (unpaired) electrons. The molecule has 2 aromatic rings. The zero-order chi connectivity index (χ0) is 15.1. The quantitative estimate of drug-likeness (QED) is 0.925. The van der Waals surface area contributed by atoms with E-state index >= 15 is 0 Å². The number of aryl methyl sites for hydroxylation is 2. The van der Waals surface area contributed by atoms with Crippen molar-refractivity contribution in [2.24, 2.45) is 7.05 Å². The molecule has 1 aromatic carbocycles. The Hall–Kier alpha value is -1.82. The molecule has 6 heteroatoms. The Labute approximate surface area is 131 Å². The van der Waals surface area contributed by atoms with E-state index in [0.29, 0.717) is 5.56 Å². The van der Waals surface area contributed by atoms with Crippen LogP contribution in [-0.4, -0.2) is 27.4 Å². The van der Waals surface area contributed by atoms with Crippen LogP contribution in [0.5, 0.6) is 0 Å². The highest BCUT2D eigenvalue weighted by atomic mass is 79.9. The summed E-state index contributed by atoms with van der Waals surface area (Å²) in [5.41, 5.74) is 4.68. The number of hydrogen-bond donors (Lipinski definition) is 1. The van der Waals surface area contributed by atoms with E-state index in [1.165, 1.54) is 0 Å². The zero-order valence-corrected chi connectivity index (χ0v) is 13.5. The highest BCUT2D eigenvalue weighted by Gasteiger charge is 2.23. The molecule has 1 aliphatic heterocycles. The number of halogens is 1. The second-order valence-electron chi connectivity index (χ2n) is 5.29. The molecule has 0 aliphatic carbocycles. The number of carboxylic acid groups (broad SMARTS) is 1. The standard InChI is InChI=1S/C15H16BrN3O2/c1-9-14(16)13(18(2)17-9)8-19-6-5-10-7-11(15(20)21)3-4-12(10)19/h3-4,7H,5-6,8H2,1-2H3,(H,20,21). The molecule has 110 valence electrons. The van der Waals surface area contributed by atoms with Crippen LogP contribution in [0.3, 0.4) is 0 Å². The monoisotopic (exact) mass is 349 g/mol. The van der Waals surface area contributed by atoms with E-state index in [1.54, 1.807) is 12.1 Å². The lowest BCUT2D eigenvalue weighted by Crippen LogP contribution is -2.21. The van der Waals surface area contributed by atoms with Crippen LogP contribution >= 0.6 is 15.9 Å². The molecular weight excluding hydrogens is 334 g/mol. The molecule has 2 heterocycles. The van der Waals surface area contributed by atoms with Gasteiger partial charge in [-0.1, -0.05) is 0 Å². The van der Waals surface area contributed by atoms with Crippen LogP contribution < -0.4 is 4.90 Å². The van der Waals surface area contributed by atoms with Gasteiger partial charge in [0, 0.05) is 19.3 Å². The zero-order valence-electron chi connectivity index (χ0n) is 11.9. The van der Waals surface area contributed by atoms with Gasteiger partial charge in [-0.15, -0.1) is 0 Å². The van der Waals surface area contributed by atoms with Crippen molar-refractivity contribution in [3.05, 3.63) is 45.2 Å². The Morgan fingerprint density at radius 3 is 2.86 bits per heavy atom. The van der Waals surface area contributed by atoms with Crippen molar-refractivity contribution >= 4 is 27.6 Å². The summed E-state index contributed by atoms with van der Waals surface area (Å²) >= 11 is 3.59. The second-order valence-corrected chi connectivity index (χ2v) is 6.08. The summed E-state index contributed by atoms with van der Waals surface area (Å²) in [6.45, 7) is 3.64. The first-order chi connectivity index (χ1) is 9.97. The van der Waals surface area contributed by atoms with Gasteiger partial charge in [-0.3, -0.25) is 4.68 Å². The molecule has 0 saturated heterocycles. The molecule has 5 nitrogen and oxygen atoms in total. The predicted molar refractivity (Wildman–Crippen MR) is 83.8 cm³/mol. The van der Waals surface area contributed by atoms with Gasteiger partial charge in [0.05, 0.1) is 28.0 Å².